The van der Waals surface area contributed by atoms with Crippen molar-refractivity contribution in [3.05, 3.63) is 67.5 Å². The predicted molar refractivity (Wildman–Crippen MR) is 63.8 cm³/mol. The Labute approximate surface area is 89.0 Å². The van der Waals surface area contributed by atoms with Gasteiger partial charge in [0.05, 0.1) is 0 Å². The SMILES string of the molecule is C=CC=[CH][Bi]([CH]=CC=C)[CH]=CC=C. The molecule has 0 radical (unpaired) electrons. The predicted octanol–water partition coefficient (Wildman–Crippen LogP) is 3.33. The van der Waals surface area contributed by atoms with Gasteiger partial charge in [-0.1, -0.05) is 0 Å². The maximum absolute atomic E-state index is 3.65. The molecule has 0 aromatic rings. The molecular weight excluding hydrogens is 353 g/mol. The summed E-state index contributed by atoms with van der Waals surface area (Å²) in [4.78, 5) is 0. The Hall–Kier alpha value is -0.677. The fraction of sp³-hybridized carbons (Fsp3) is 0. The molecule has 0 atom stereocenters. The molecule has 0 bridgehead atoms. The van der Waals surface area contributed by atoms with Crippen LogP contribution in [0.25, 0.3) is 0 Å². The summed E-state index contributed by atoms with van der Waals surface area (Å²) in [6.07, 6.45) is 11.5. The van der Waals surface area contributed by atoms with Crippen LogP contribution >= 0.6 is 0 Å². The zero-order valence-corrected chi connectivity index (χ0v) is 11.2. The van der Waals surface area contributed by atoms with Gasteiger partial charge in [-0.15, -0.1) is 0 Å². The summed E-state index contributed by atoms with van der Waals surface area (Å²) in [7, 11) is 0. The van der Waals surface area contributed by atoms with Crippen molar-refractivity contribution in [3.8, 4) is 0 Å². The van der Waals surface area contributed by atoms with E-state index in [1.807, 2.05) is 36.5 Å². The second kappa shape index (κ2) is 9.41. The van der Waals surface area contributed by atoms with Crippen LogP contribution in [0, 0.1) is 0 Å². The molecule has 0 amide bonds. The van der Waals surface area contributed by atoms with E-state index in [-0.39, 0.29) is 0 Å². The molecule has 13 heavy (non-hydrogen) atoms. The molecule has 0 N–H and O–H groups in total. The van der Waals surface area contributed by atoms with Crippen molar-refractivity contribution in [2.75, 3.05) is 0 Å². The van der Waals surface area contributed by atoms with Crippen molar-refractivity contribution in [2.24, 2.45) is 0 Å². The Morgan fingerprint density at radius 2 is 0.923 bits per heavy atom. The van der Waals surface area contributed by atoms with Crippen LogP contribution in [0.3, 0.4) is 0 Å². The van der Waals surface area contributed by atoms with Gasteiger partial charge in [0, 0.05) is 0 Å². The van der Waals surface area contributed by atoms with E-state index in [1.165, 1.54) is 0 Å². The Morgan fingerprint density at radius 1 is 0.615 bits per heavy atom. The third-order valence-corrected chi connectivity index (χ3v) is 7.21. The topological polar surface area (TPSA) is 0 Å². The first-order chi connectivity index (χ1) is 6.35. The van der Waals surface area contributed by atoms with Crippen molar-refractivity contribution in [1.82, 2.24) is 0 Å². The fourth-order valence-corrected chi connectivity index (χ4v) is 5.53. The normalized spacial score (nSPS) is 11.8. The third kappa shape index (κ3) is 7.68. The number of rotatable bonds is 6. The van der Waals surface area contributed by atoms with Crippen molar-refractivity contribution >= 4 is 21.8 Å². The molecule has 0 fully saturated rings. The van der Waals surface area contributed by atoms with Crippen molar-refractivity contribution < 1.29 is 0 Å². The van der Waals surface area contributed by atoms with Crippen LogP contribution in [0.15, 0.2) is 67.5 Å². The monoisotopic (exact) mass is 368 g/mol. The van der Waals surface area contributed by atoms with Crippen LogP contribution < -0.4 is 0 Å². The van der Waals surface area contributed by atoms with E-state index in [2.05, 4.69) is 31.1 Å². The van der Waals surface area contributed by atoms with E-state index in [1.54, 1.807) is 0 Å². The summed E-state index contributed by atoms with van der Waals surface area (Å²) < 4.78 is 6.76. The summed E-state index contributed by atoms with van der Waals surface area (Å²) in [5.74, 6) is 0. The molecule has 0 unspecified atom stereocenters. The first-order valence-electron chi connectivity index (χ1n) is 4.00. The van der Waals surface area contributed by atoms with Gasteiger partial charge in [-0.05, 0) is 0 Å². The molecule has 0 rings (SSSR count). The zero-order chi connectivity index (χ0) is 9.94. The molecule has 0 heterocycles. The standard InChI is InChI=1S/3C4H5.Bi/c3*1-3-4-2;/h3*1,3-4H,2H2;. The Balaban J connectivity index is 4.33. The van der Waals surface area contributed by atoms with Gasteiger partial charge in [0.2, 0.25) is 0 Å². The summed E-state index contributed by atoms with van der Waals surface area (Å²) in [6.45, 7) is 11.0. The molecule has 0 aliphatic rings. The second-order valence-electron chi connectivity index (χ2n) is 2.18. The van der Waals surface area contributed by atoms with Gasteiger partial charge in [-0.3, -0.25) is 0 Å². The summed E-state index contributed by atoms with van der Waals surface area (Å²) in [6, 6.07) is 0. The van der Waals surface area contributed by atoms with Gasteiger partial charge in [0.1, 0.15) is 0 Å². The van der Waals surface area contributed by atoms with E-state index < -0.39 is 21.8 Å². The van der Waals surface area contributed by atoms with Crippen LogP contribution in [-0.2, 0) is 0 Å². The summed E-state index contributed by atoms with van der Waals surface area (Å²) in [5.41, 5.74) is 0. The van der Waals surface area contributed by atoms with Gasteiger partial charge in [-0.25, -0.2) is 0 Å². The molecule has 0 spiro atoms. The van der Waals surface area contributed by atoms with Crippen LogP contribution in [0.4, 0.5) is 0 Å². The van der Waals surface area contributed by atoms with Gasteiger partial charge in [0.15, 0.2) is 0 Å². The first-order valence-corrected chi connectivity index (χ1v) is 10.0. The Kier molecular flexibility index (Phi) is 8.92. The fourth-order valence-electron chi connectivity index (χ4n) is 0.630. The molecule has 1 heteroatoms. The van der Waals surface area contributed by atoms with E-state index in [4.69, 9.17) is 0 Å². The summed E-state index contributed by atoms with van der Waals surface area (Å²) >= 11 is -1.66. The van der Waals surface area contributed by atoms with Crippen LogP contribution in [0.2, 0.25) is 0 Å². The molecule has 0 aliphatic heterocycles. The minimum absolute atomic E-state index is 1.66. The molecular formula is C12H15Bi. The molecule has 0 nitrogen and oxygen atoms in total. The van der Waals surface area contributed by atoms with Crippen molar-refractivity contribution in [3.63, 3.8) is 0 Å². The van der Waals surface area contributed by atoms with Crippen molar-refractivity contribution in [2.45, 2.75) is 0 Å². The summed E-state index contributed by atoms with van der Waals surface area (Å²) in [5, 5.41) is 0. The molecule has 0 saturated heterocycles. The number of hydrogen-bond donors (Lipinski definition) is 0. The molecule has 0 saturated carbocycles. The number of hydrogen-bond acceptors (Lipinski definition) is 0. The Bertz CT molecular complexity index is 201. The van der Waals surface area contributed by atoms with E-state index in [0.29, 0.717) is 0 Å². The van der Waals surface area contributed by atoms with E-state index >= 15 is 0 Å². The second-order valence-corrected chi connectivity index (χ2v) is 9.13. The van der Waals surface area contributed by atoms with Gasteiger partial charge in [0.25, 0.3) is 0 Å². The van der Waals surface area contributed by atoms with Crippen LogP contribution in [0.5, 0.6) is 0 Å². The minimum atomic E-state index is -1.66. The third-order valence-electron chi connectivity index (χ3n) is 1.18. The Morgan fingerprint density at radius 3 is 1.15 bits per heavy atom. The molecule has 68 valence electrons. The van der Waals surface area contributed by atoms with Gasteiger partial charge < -0.3 is 0 Å². The quantitative estimate of drug-likeness (QED) is 0.499. The average Bonchev–Trinajstić information content (AvgIpc) is 2.17. The average molecular weight is 368 g/mol. The van der Waals surface area contributed by atoms with Crippen molar-refractivity contribution in [1.29, 1.82) is 0 Å². The molecule has 0 aliphatic carbocycles. The van der Waals surface area contributed by atoms with E-state index in [9.17, 15) is 0 Å². The number of allylic oxidation sites excluding steroid dienone is 6. The molecule has 0 aromatic heterocycles. The molecule has 0 aromatic carbocycles. The first kappa shape index (κ1) is 12.3. The van der Waals surface area contributed by atoms with Gasteiger partial charge >= 0.3 is 89.3 Å². The van der Waals surface area contributed by atoms with E-state index in [0.717, 1.165) is 0 Å². The zero-order valence-electron chi connectivity index (χ0n) is 7.76. The van der Waals surface area contributed by atoms with Gasteiger partial charge in [-0.2, -0.15) is 0 Å². The van der Waals surface area contributed by atoms with Crippen LogP contribution in [0.1, 0.15) is 0 Å². The van der Waals surface area contributed by atoms with Crippen LogP contribution in [-0.4, -0.2) is 21.8 Å². The maximum atomic E-state index is 3.65.